The maximum atomic E-state index is 11.6. The summed E-state index contributed by atoms with van der Waals surface area (Å²) in [6, 6.07) is 8.28. The van der Waals surface area contributed by atoms with Crippen LogP contribution in [0.1, 0.15) is 24.8 Å². The Morgan fingerprint density at radius 3 is 2.94 bits per heavy atom. The van der Waals surface area contributed by atoms with Gasteiger partial charge in [0.1, 0.15) is 6.04 Å². The van der Waals surface area contributed by atoms with Crippen molar-refractivity contribution in [3.63, 3.8) is 0 Å². The molecule has 2 aliphatic heterocycles. The van der Waals surface area contributed by atoms with E-state index in [1.807, 2.05) is 6.07 Å². The molecule has 0 saturated carbocycles. The maximum Gasteiger partial charge on any atom is 0.328 e. The van der Waals surface area contributed by atoms with Gasteiger partial charge < -0.3 is 9.64 Å². The second-order valence-corrected chi connectivity index (χ2v) is 4.58. The molecule has 0 aromatic heterocycles. The smallest absolute Gasteiger partial charge is 0.328 e. The zero-order chi connectivity index (χ0) is 11.1. The van der Waals surface area contributed by atoms with Crippen LogP contribution in [-0.2, 0) is 9.53 Å². The number of fused-ring (bicyclic) bond motifs is 1. The highest BCUT2D eigenvalue weighted by Gasteiger charge is 2.37. The predicted octanol–water partition coefficient (Wildman–Crippen LogP) is 1.93. The summed E-state index contributed by atoms with van der Waals surface area (Å²) >= 11 is 0. The molecule has 2 aliphatic rings. The molecule has 0 spiro atoms. The van der Waals surface area contributed by atoms with Crippen LogP contribution in [0, 0.1) is 0 Å². The summed E-state index contributed by atoms with van der Waals surface area (Å²) in [6.45, 7) is 3.70. The van der Waals surface area contributed by atoms with Crippen molar-refractivity contribution in [2.75, 3.05) is 18.1 Å². The Kier molecular flexibility index (Phi) is 2.13. The number of para-hydroxylation sites is 1. The number of ether oxygens (including phenoxy) is 1. The summed E-state index contributed by atoms with van der Waals surface area (Å²) in [5.41, 5.74) is 2.56. The third-order valence-electron chi connectivity index (χ3n) is 3.53. The van der Waals surface area contributed by atoms with Crippen LogP contribution in [-0.4, -0.2) is 25.2 Å². The third kappa shape index (κ3) is 1.31. The number of carbonyl (C=O) groups excluding carboxylic acids is 1. The van der Waals surface area contributed by atoms with Gasteiger partial charge in [-0.3, -0.25) is 0 Å². The Bertz CT molecular complexity index is 430. The molecule has 16 heavy (non-hydrogen) atoms. The van der Waals surface area contributed by atoms with Crippen molar-refractivity contribution < 1.29 is 9.53 Å². The van der Waals surface area contributed by atoms with Crippen molar-refractivity contribution in [1.82, 2.24) is 0 Å². The van der Waals surface area contributed by atoms with Crippen molar-refractivity contribution in [2.24, 2.45) is 0 Å². The van der Waals surface area contributed by atoms with E-state index >= 15 is 0 Å². The minimum absolute atomic E-state index is 0.0638. The number of hydrogen-bond acceptors (Lipinski definition) is 3. The Labute approximate surface area is 95.0 Å². The molecule has 0 N–H and O–H groups in total. The standard InChI is InChI=1S/C13H15NO2/c1-9-8-14(12-6-7-16-13(12)15)11-5-3-2-4-10(9)11/h2-5,9,12H,6-8H2,1H3. The highest BCUT2D eigenvalue weighted by Crippen LogP contribution is 2.38. The van der Waals surface area contributed by atoms with Gasteiger partial charge in [-0.2, -0.15) is 0 Å². The Balaban J connectivity index is 1.97. The Morgan fingerprint density at radius 1 is 1.38 bits per heavy atom. The predicted molar refractivity (Wildman–Crippen MR) is 61.6 cm³/mol. The van der Waals surface area contributed by atoms with Crippen LogP contribution in [0.3, 0.4) is 0 Å². The minimum atomic E-state index is -0.0658. The molecule has 1 fully saturated rings. The van der Waals surface area contributed by atoms with Crippen LogP contribution in [0.25, 0.3) is 0 Å². The van der Waals surface area contributed by atoms with Gasteiger partial charge in [0.05, 0.1) is 6.61 Å². The maximum absolute atomic E-state index is 11.6. The average molecular weight is 217 g/mol. The lowest BCUT2D eigenvalue weighted by atomic mass is 10.0. The fraction of sp³-hybridized carbons (Fsp3) is 0.462. The zero-order valence-corrected chi connectivity index (χ0v) is 9.35. The second kappa shape index (κ2) is 3.51. The number of cyclic esters (lactones) is 1. The van der Waals surface area contributed by atoms with E-state index in [0.717, 1.165) is 13.0 Å². The summed E-state index contributed by atoms with van der Waals surface area (Å²) in [4.78, 5) is 13.8. The molecule has 1 aromatic carbocycles. The number of benzene rings is 1. The monoisotopic (exact) mass is 217 g/mol. The van der Waals surface area contributed by atoms with E-state index in [-0.39, 0.29) is 12.0 Å². The molecule has 2 atom stereocenters. The fourth-order valence-corrected chi connectivity index (χ4v) is 2.72. The highest BCUT2D eigenvalue weighted by atomic mass is 16.5. The number of esters is 1. The molecule has 3 heteroatoms. The van der Waals surface area contributed by atoms with Gasteiger partial charge in [0.25, 0.3) is 0 Å². The van der Waals surface area contributed by atoms with Crippen molar-refractivity contribution in [2.45, 2.75) is 25.3 Å². The highest BCUT2D eigenvalue weighted by molar-refractivity contribution is 5.83. The van der Waals surface area contributed by atoms with Crippen LogP contribution in [0.2, 0.25) is 0 Å². The average Bonchev–Trinajstić information content (AvgIpc) is 2.84. The Morgan fingerprint density at radius 2 is 2.19 bits per heavy atom. The lowest BCUT2D eigenvalue weighted by Crippen LogP contribution is -2.37. The van der Waals surface area contributed by atoms with Crippen LogP contribution >= 0.6 is 0 Å². The van der Waals surface area contributed by atoms with Crippen LogP contribution in [0.4, 0.5) is 5.69 Å². The van der Waals surface area contributed by atoms with E-state index in [1.54, 1.807) is 0 Å². The topological polar surface area (TPSA) is 29.5 Å². The zero-order valence-electron chi connectivity index (χ0n) is 9.35. The summed E-state index contributed by atoms with van der Waals surface area (Å²) < 4.78 is 5.05. The first kappa shape index (κ1) is 9.70. The molecular weight excluding hydrogens is 202 g/mol. The second-order valence-electron chi connectivity index (χ2n) is 4.58. The van der Waals surface area contributed by atoms with E-state index in [4.69, 9.17) is 4.74 Å². The third-order valence-corrected chi connectivity index (χ3v) is 3.53. The molecule has 0 bridgehead atoms. The largest absolute Gasteiger partial charge is 0.464 e. The van der Waals surface area contributed by atoms with E-state index < -0.39 is 0 Å². The minimum Gasteiger partial charge on any atom is -0.464 e. The molecule has 2 unspecified atom stereocenters. The van der Waals surface area contributed by atoms with Gasteiger partial charge in [-0.25, -0.2) is 4.79 Å². The number of carbonyl (C=O) groups is 1. The van der Waals surface area contributed by atoms with Crippen LogP contribution in [0.15, 0.2) is 24.3 Å². The molecular formula is C13H15NO2. The van der Waals surface area contributed by atoms with E-state index in [9.17, 15) is 4.79 Å². The summed E-state index contributed by atoms with van der Waals surface area (Å²) in [5, 5.41) is 0. The van der Waals surface area contributed by atoms with E-state index in [0.29, 0.717) is 12.5 Å². The van der Waals surface area contributed by atoms with Crippen molar-refractivity contribution in [3.8, 4) is 0 Å². The number of nitrogens with zero attached hydrogens (tertiary/aromatic N) is 1. The Hall–Kier alpha value is -1.51. The molecule has 1 aromatic rings. The van der Waals surface area contributed by atoms with Gasteiger partial charge in [0.2, 0.25) is 0 Å². The van der Waals surface area contributed by atoms with Gasteiger partial charge >= 0.3 is 5.97 Å². The van der Waals surface area contributed by atoms with E-state index in [2.05, 4.69) is 30.0 Å². The number of hydrogen-bond donors (Lipinski definition) is 0. The summed E-state index contributed by atoms with van der Waals surface area (Å²) in [6.07, 6.45) is 0.819. The molecule has 3 rings (SSSR count). The van der Waals surface area contributed by atoms with E-state index in [1.165, 1.54) is 11.3 Å². The molecule has 2 heterocycles. The van der Waals surface area contributed by atoms with Gasteiger partial charge in [0.15, 0.2) is 0 Å². The molecule has 3 nitrogen and oxygen atoms in total. The van der Waals surface area contributed by atoms with Crippen molar-refractivity contribution >= 4 is 11.7 Å². The number of rotatable bonds is 1. The lowest BCUT2D eigenvalue weighted by Gasteiger charge is -2.23. The number of anilines is 1. The van der Waals surface area contributed by atoms with Crippen LogP contribution in [0.5, 0.6) is 0 Å². The lowest BCUT2D eigenvalue weighted by molar-refractivity contribution is -0.139. The van der Waals surface area contributed by atoms with Crippen molar-refractivity contribution in [3.05, 3.63) is 29.8 Å². The molecule has 0 aliphatic carbocycles. The first-order valence-electron chi connectivity index (χ1n) is 5.79. The van der Waals surface area contributed by atoms with Crippen LogP contribution < -0.4 is 4.90 Å². The summed E-state index contributed by atoms with van der Waals surface area (Å²) in [5.74, 6) is 0.438. The van der Waals surface area contributed by atoms with Gasteiger partial charge in [-0.05, 0) is 11.6 Å². The molecule has 84 valence electrons. The molecule has 0 amide bonds. The molecule has 0 radical (unpaired) electrons. The van der Waals surface area contributed by atoms with Gasteiger partial charge in [0, 0.05) is 24.6 Å². The van der Waals surface area contributed by atoms with Gasteiger partial charge in [-0.15, -0.1) is 0 Å². The first-order chi connectivity index (χ1) is 7.77. The van der Waals surface area contributed by atoms with Crippen molar-refractivity contribution in [1.29, 1.82) is 0 Å². The first-order valence-corrected chi connectivity index (χ1v) is 5.79. The quantitative estimate of drug-likeness (QED) is 0.673. The van der Waals surface area contributed by atoms with Gasteiger partial charge in [-0.1, -0.05) is 25.1 Å². The fourth-order valence-electron chi connectivity index (χ4n) is 2.72. The normalized spacial score (nSPS) is 28.1. The SMILES string of the molecule is CC1CN(C2CCOC2=O)c2ccccc21. The summed E-state index contributed by atoms with van der Waals surface area (Å²) in [7, 11) is 0. The molecule has 1 saturated heterocycles.